The van der Waals surface area contributed by atoms with Gasteiger partial charge in [-0.1, -0.05) is 55.5 Å². The molecule has 0 radical (unpaired) electrons. The van der Waals surface area contributed by atoms with Gasteiger partial charge in [-0.15, -0.1) is 0 Å². The predicted molar refractivity (Wildman–Crippen MR) is 130 cm³/mol. The van der Waals surface area contributed by atoms with Crippen LogP contribution in [-0.2, 0) is 13.0 Å². The van der Waals surface area contributed by atoms with Gasteiger partial charge in [-0.3, -0.25) is 4.79 Å². The summed E-state index contributed by atoms with van der Waals surface area (Å²) < 4.78 is 8.20. The first kappa shape index (κ1) is 20.1. The molecule has 4 nitrogen and oxygen atoms in total. The lowest BCUT2D eigenvalue weighted by Crippen LogP contribution is -2.21. The predicted octanol–water partition coefficient (Wildman–Crippen LogP) is 6.04. The van der Waals surface area contributed by atoms with Crippen LogP contribution < -0.4 is 4.74 Å². The molecule has 0 unspecified atom stereocenters. The summed E-state index contributed by atoms with van der Waals surface area (Å²) >= 11 is 0. The maximum atomic E-state index is 12.8. The van der Waals surface area contributed by atoms with Gasteiger partial charge in [0.05, 0.1) is 22.1 Å². The van der Waals surface area contributed by atoms with E-state index in [1.807, 2.05) is 48.5 Å². The van der Waals surface area contributed by atoms with E-state index in [4.69, 9.17) is 4.74 Å². The Labute approximate surface area is 188 Å². The van der Waals surface area contributed by atoms with Crippen molar-refractivity contribution < 1.29 is 9.53 Å². The van der Waals surface area contributed by atoms with Crippen molar-refractivity contribution in [2.45, 2.75) is 20.0 Å². The first-order valence-corrected chi connectivity index (χ1v) is 11.0. The molecular formula is C28H26N2O2. The van der Waals surface area contributed by atoms with E-state index in [0.717, 1.165) is 45.4 Å². The van der Waals surface area contributed by atoms with Crippen LogP contribution in [0.15, 0.2) is 78.9 Å². The number of benzene rings is 2. The topological polar surface area (TPSA) is 34.0 Å². The Balaban J connectivity index is 1.56. The molecule has 5 rings (SSSR count). The Bertz CT molecular complexity index is 1380. The summed E-state index contributed by atoms with van der Waals surface area (Å²) in [4.78, 5) is 14.5. The summed E-state index contributed by atoms with van der Waals surface area (Å²) in [6.07, 6.45) is 0.916. The molecule has 0 N–H and O–H groups in total. The summed E-state index contributed by atoms with van der Waals surface area (Å²) in [5, 5.41) is 0. The number of nitrogens with zero attached hydrogens (tertiary/aromatic N) is 2. The lowest BCUT2D eigenvalue weighted by molar-refractivity contribution is 0.0829. The van der Waals surface area contributed by atoms with Gasteiger partial charge in [-0.25, -0.2) is 0 Å². The molecule has 0 aliphatic rings. The molecule has 32 heavy (non-hydrogen) atoms. The van der Waals surface area contributed by atoms with Crippen LogP contribution in [0.3, 0.4) is 0 Å². The van der Waals surface area contributed by atoms with E-state index in [9.17, 15) is 4.79 Å². The molecule has 0 atom stereocenters. The van der Waals surface area contributed by atoms with Crippen molar-refractivity contribution in [2.75, 3.05) is 14.1 Å². The van der Waals surface area contributed by atoms with E-state index in [1.165, 1.54) is 11.1 Å². The van der Waals surface area contributed by atoms with Crippen LogP contribution in [0.25, 0.3) is 27.7 Å². The molecule has 3 aromatic heterocycles. The van der Waals surface area contributed by atoms with Crippen molar-refractivity contribution >= 4 is 22.5 Å². The van der Waals surface area contributed by atoms with E-state index in [2.05, 4.69) is 41.7 Å². The zero-order chi connectivity index (χ0) is 22.2. The number of ether oxygens (including phenoxy) is 1. The summed E-state index contributed by atoms with van der Waals surface area (Å²) in [7, 11) is 3.59. The molecule has 3 heterocycles. The summed E-state index contributed by atoms with van der Waals surface area (Å²) in [6, 6.07) is 26.7. The third-order valence-corrected chi connectivity index (χ3v) is 6.04. The number of rotatable bonds is 6. The van der Waals surface area contributed by atoms with Crippen LogP contribution in [0.2, 0.25) is 0 Å². The Morgan fingerprint density at radius 3 is 2.28 bits per heavy atom. The van der Waals surface area contributed by atoms with E-state index in [-0.39, 0.29) is 5.91 Å². The smallest absolute Gasteiger partial charge is 0.255 e. The standard InChI is InChI=1S/C28H26N2O2/c1-4-22-24-11-8-12-25-23(28(31)29(2)3)17-26(30(24)25)27(22)20-13-15-21(16-14-20)32-18-19-9-6-5-7-10-19/h5-17H,4,18H2,1-3H3. The minimum atomic E-state index is 0.0230. The average molecular weight is 423 g/mol. The van der Waals surface area contributed by atoms with Crippen LogP contribution >= 0.6 is 0 Å². The van der Waals surface area contributed by atoms with Crippen molar-refractivity contribution in [3.05, 3.63) is 95.6 Å². The van der Waals surface area contributed by atoms with E-state index >= 15 is 0 Å². The summed E-state index contributed by atoms with van der Waals surface area (Å²) in [6.45, 7) is 2.73. The highest BCUT2D eigenvalue weighted by Crippen LogP contribution is 2.39. The quantitative estimate of drug-likeness (QED) is 0.334. The van der Waals surface area contributed by atoms with Crippen molar-refractivity contribution in [1.82, 2.24) is 9.30 Å². The fourth-order valence-electron chi connectivity index (χ4n) is 4.51. The lowest BCUT2D eigenvalue weighted by Gasteiger charge is -2.10. The molecule has 0 saturated heterocycles. The third-order valence-electron chi connectivity index (χ3n) is 6.04. The van der Waals surface area contributed by atoms with Crippen molar-refractivity contribution in [1.29, 1.82) is 0 Å². The molecule has 0 aliphatic heterocycles. The van der Waals surface area contributed by atoms with Gasteiger partial charge in [0.15, 0.2) is 0 Å². The van der Waals surface area contributed by atoms with Crippen molar-refractivity contribution in [3.63, 3.8) is 0 Å². The van der Waals surface area contributed by atoms with Gasteiger partial charge < -0.3 is 14.0 Å². The SMILES string of the molecule is CCc1c(-c2ccc(OCc3ccccc3)cc2)c2cc(C(=O)N(C)C)c3cccc1n32. The largest absolute Gasteiger partial charge is 0.489 e. The maximum Gasteiger partial charge on any atom is 0.255 e. The number of carbonyl (C=O) groups excluding carboxylic acids is 1. The molecule has 4 heteroatoms. The van der Waals surface area contributed by atoms with Gasteiger partial charge >= 0.3 is 0 Å². The second-order valence-electron chi connectivity index (χ2n) is 8.28. The first-order valence-electron chi connectivity index (χ1n) is 11.0. The number of hydrogen-bond donors (Lipinski definition) is 0. The Hall–Kier alpha value is -3.79. The first-order chi connectivity index (χ1) is 15.6. The van der Waals surface area contributed by atoms with Crippen LogP contribution in [0.1, 0.15) is 28.4 Å². The zero-order valence-corrected chi connectivity index (χ0v) is 18.6. The molecule has 2 aromatic carbocycles. The van der Waals surface area contributed by atoms with Gasteiger partial charge in [0.25, 0.3) is 5.91 Å². The fraction of sp³-hybridized carbons (Fsp3) is 0.179. The highest BCUT2D eigenvalue weighted by molar-refractivity contribution is 6.07. The molecule has 0 spiro atoms. The van der Waals surface area contributed by atoms with Gasteiger partial charge in [-0.05, 0) is 53.4 Å². The third kappa shape index (κ3) is 3.28. The monoisotopic (exact) mass is 422 g/mol. The molecule has 1 amide bonds. The maximum absolute atomic E-state index is 12.8. The number of amides is 1. The molecular weight excluding hydrogens is 396 g/mol. The number of aryl methyl sites for hydroxylation is 1. The molecule has 0 bridgehead atoms. The molecule has 160 valence electrons. The van der Waals surface area contributed by atoms with Gasteiger partial charge in [0, 0.05) is 19.7 Å². The second-order valence-corrected chi connectivity index (χ2v) is 8.28. The fourth-order valence-corrected chi connectivity index (χ4v) is 4.51. The van der Waals surface area contributed by atoms with Gasteiger partial charge in [-0.2, -0.15) is 0 Å². The van der Waals surface area contributed by atoms with Crippen molar-refractivity contribution in [2.24, 2.45) is 0 Å². The van der Waals surface area contributed by atoms with Crippen LogP contribution in [-0.4, -0.2) is 29.3 Å². The highest BCUT2D eigenvalue weighted by atomic mass is 16.5. The lowest BCUT2D eigenvalue weighted by atomic mass is 9.99. The Morgan fingerprint density at radius 1 is 0.875 bits per heavy atom. The average Bonchev–Trinajstić information content (AvgIpc) is 3.36. The minimum Gasteiger partial charge on any atom is -0.489 e. The second kappa shape index (κ2) is 8.04. The van der Waals surface area contributed by atoms with Crippen LogP contribution in [0, 0.1) is 0 Å². The van der Waals surface area contributed by atoms with Crippen LogP contribution in [0.4, 0.5) is 0 Å². The number of hydrogen-bond acceptors (Lipinski definition) is 2. The zero-order valence-electron chi connectivity index (χ0n) is 18.6. The van der Waals surface area contributed by atoms with Crippen LogP contribution in [0.5, 0.6) is 5.75 Å². The van der Waals surface area contributed by atoms with Gasteiger partial charge in [0.2, 0.25) is 0 Å². The Kier molecular flexibility index (Phi) is 5.06. The number of aromatic nitrogens is 1. The summed E-state index contributed by atoms with van der Waals surface area (Å²) in [5.41, 5.74) is 8.71. The molecule has 0 fully saturated rings. The Morgan fingerprint density at radius 2 is 1.59 bits per heavy atom. The van der Waals surface area contributed by atoms with E-state index in [0.29, 0.717) is 6.61 Å². The highest BCUT2D eigenvalue weighted by Gasteiger charge is 2.23. The van der Waals surface area contributed by atoms with E-state index < -0.39 is 0 Å². The minimum absolute atomic E-state index is 0.0230. The van der Waals surface area contributed by atoms with Crippen molar-refractivity contribution in [3.8, 4) is 16.9 Å². The van der Waals surface area contributed by atoms with Gasteiger partial charge in [0.1, 0.15) is 12.4 Å². The molecule has 5 aromatic rings. The van der Waals surface area contributed by atoms with E-state index in [1.54, 1.807) is 19.0 Å². The number of pyridine rings is 1. The molecule has 0 aliphatic carbocycles. The number of carbonyl (C=O) groups is 1. The normalized spacial score (nSPS) is 11.3. The molecule has 0 saturated carbocycles. The summed E-state index contributed by atoms with van der Waals surface area (Å²) in [5.74, 6) is 0.866.